The topological polar surface area (TPSA) is 61.8 Å². The summed E-state index contributed by atoms with van der Waals surface area (Å²) >= 11 is 1.03. The van der Waals surface area contributed by atoms with Gasteiger partial charge in [-0.15, -0.1) is 0 Å². The van der Waals surface area contributed by atoms with E-state index in [-0.39, 0.29) is 23.4 Å². The average Bonchev–Trinajstić information content (AvgIpc) is 2.92. The van der Waals surface area contributed by atoms with E-state index in [2.05, 4.69) is 10.5 Å². The standard InChI is InChI=1S/C17H15N3O2S/c21-16-12-23-17(22)20(16)11-15(13-7-3-1-4-8-13)19-18-14-9-5-2-6-10-14/h1-10,18H,11-12H2. The molecule has 23 heavy (non-hydrogen) atoms. The first-order chi connectivity index (χ1) is 11.2. The van der Waals surface area contributed by atoms with Crippen LogP contribution in [0.1, 0.15) is 5.56 Å². The summed E-state index contributed by atoms with van der Waals surface area (Å²) < 4.78 is 0. The van der Waals surface area contributed by atoms with E-state index in [9.17, 15) is 9.59 Å². The summed E-state index contributed by atoms with van der Waals surface area (Å²) in [6.07, 6.45) is 0. The summed E-state index contributed by atoms with van der Waals surface area (Å²) in [6, 6.07) is 19.1. The van der Waals surface area contributed by atoms with Crippen LogP contribution < -0.4 is 5.43 Å². The highest BCUT2D eigenvalue weighted by Gasteiger charge is 2.31. The van der Waals surface area contributed by atoms with Gasteiger partial charge >= 0.3 is 0 Å². The summed E-state index contributed by atoms with van der Waals surface area (Å²) in [4.78, 5) is 24.9. The van der Waals surface area contributed by atoms with Crippen LogP contribution >= 0.6 is 11.8 Å². The van der Waals surface area contributed by atoms with Gasteiger partial charge in [-0.05, 0) is 17.7 Å². The molecule has 1 aliphatic heterocycles. The van der Waals surface area contributed by atoms with E-state index in [0.29, 0.717) is 5.71 Å². The average molecular weight is 325 g/mol. The fourth-order valence-electron chi connectivity index (χ4n) is 2.15. The van der Waals surface area contributed by atoms with Crippen LogP contribution in [0.25, 0.3) is 0 Å². The number of nitrogens with zero attached hydrogens (tertiary/aromatic N) is 2. The molecule has 0 saturated carbocycles. The van der Waals surface area contributed by atoms with Crippen molar-refractivity contribution < 1.29 is 9.59 Å². The SMILES string of the molecule is O=C1CSC(=O)N1CC(=NNc1ccccc1)c1ccccc1. The van der Waals surface area contributed by atoms with Gasteiger partial charge in [0.1, 0.15) is 0 Å². The number of hydrogen-bond acceptors (Lipinski definition) is 5. The van der Waals surface area contributed by atoms with Crippen molar-refractivity contribution in [1.82, 2.24) is 4.90 Å². The molecule has 2 amide bonds. The molecule has 1 fully saturated rings. The molecule has 3 rings (SSSR count). The Kier molecular flexibility index (Phi) is 4.73. The molecule has 0 aromatic heterocycles. The minimum Gasteiger partial charge on any atom is -0.278 e. The number of carbonyl (C=O) groups is 2. The van der Waals surface area contributed by atoms with E-state index >= 15 is 0 Å². The Morgan fingerprint density at radius 1 is 1.04 bits per heavy atom. The largest absolute Gasteiger partial charge is 0.289 e. The second-order valence-electron chi connectivity index (χ2n) is 4.94. The first-order valence-corrected chi connectivity index (χ1v) is 8.13. The molecule has 0 atom stereocenters. The van der Waals surface area contributed by atoms with E-state index in [0.717, 1.165) is 23.0 Å². The van der Waals surface area contributed by atoms with Crippen LogP contribution in [0, 0.1) is 0 Å². The number of para-hydroxylation sites is 1. The molecule has 2 aromatic rings. The Hall–Kier alpha value is -2.60. The first-order valence-electron chi connectivity index (χ1n) is 7.14. The highest BCUT2D eigenvalue weighted by molar-refractivity contribution is 8.14. The number of benzene rings is 2. The van der Waals surface area contributed by atoms with Crippen molar-refractivity contribution in [3.05, 3.63) is 66.2 Å². The van der Waals surface area contributed by atoms with Gasteiger partial charge in [0.05, 0.1) is 23.7 Å². The van der Waals surface area contributed by atoms with Crippen LogP contribution in [0.4, 0.5) is 10.5 Å². The van der Waals surface area contributed by atoms with Crippen LogP contribution in [0.3, 0.4) is 0 Å². The van der Waals surface area contributed by atoms with E-state index < -0.39 is 0 Å². The minimum absolute atomic E-state index is 0.161. The van der Waals surface area contributed by atoms with Crippen LogP contribution in [0.15, 0.2) is 65.8 Å². The zero-order valence-electron chi connectivity index (χ0n) is 12.3. The van der Waals surface area contributed by atoms with Crippen molar-refractivity contribution in [2.75, 3.05) is 17.7 Å². The van der Waals surface area contributed by atoms with Gasteiger partial charge in [0.2, 0.25) is 5.91 Å². The minimum atomic E-state index is -0.224. The highest BCUT2D eigenvalue weighted by atomic mass is 32.2. The Labute approximate surface area is 138 Å². The van der Waals surface area contributed by atoms with Crippen molar-refractivity contribution in [1.29, 1.82) is 0 Å². The van der Waals surface area contributed by atoms with Crippen molar-refractivity contribution in [2.24, 2.45) is 5.10 Å². The fourth-order valence-corrected chi connectivity index (χ4v) is 2.88. The molecule has 0 bridgehead atoms. The van der Waals surface area contributed by atoms with Gasteiger partial charge in [0.15, 0.2) is 0 Å². The number of anilines is 1. The van der Waals surface area contributed by atoms with Crippen LogP contribution in [-0.2, 0) is 4.79 Å². The Balaban J connectivity index is 1.85. The summed E-state index contributed by atoms with van der Waals surface area (Å²) in [7, 11) is 0. The number of carbonyl (C=O) groups excluding carboxylic acids is 2. The number of thioether (sulfide) groups is 1. The Bertz CT molecular complexity index is 716. The van der Waals surface area contributed by atoms with Gasteiger partial charge in [-0.1, -0.05) is 60.3 Å². The first kappa shape index (κ1) is 15.3. The molecule has 0 spiro atoms. The smallest absolute Gasteiger partial charge is 0.278 e. The number of hydrazone groups is 1. The molecule has 6 heteroatoms. The van der Waals surface area contributed by atoms with Crippen LogP contribution in [0.5, 0.6) is 0 Å². The maximum absolute atomic E-state index is 11.8. The van der Waals surface area contributed by atoms with Gasteiger partial charge in [0, 0.05) is 0 Å². The fraction of sp³-hybridized carbons (Fsp3) is 0.118. The molecular formula is C17H15N3O2S. The number of rotatable bonds is 5. The van der Waals surface area contributed by atoms with Crippen LogP contribution in [0.2, 0.25) is 0 Å². The summed E-state index contributed by atoms with van der Waals surface area (Å²) in [5.74, 6) is 0.0239. The molecule has 0 aliphatic carbocycles. The van der Waals surface area contributed by atoms with Crippen LogP contribution in [-0.4, -0.2) is 34.1 Å². The lowest BCUT2D eigenvalue weighted by molar-refractivity contribution is -0.124. The number of nitrogens with one attached hydrogen (secondary N) is 1. The molecule has 0 unspecified atom stereocenters. The number of imide groups is 1. The summed E-state index contributed by atoms with van der Waals surface area (Å²) in [5.41, 5.74) is 5.33. The monoisotopic (exact) mass is 325 g/mol. The molecule has 5 nitrogen and oxygen atoms in total. The summed E-state index contributed by atoms with van der Waals surface area (Å²) in [6.45, 7) is 0.161. The quantitative estimate of drug-likeness (QED) is 0.677. The van der Waals surface area contributed by atoms with E-state index in [1.54, 1.807) is 0 Å². The molecule has 0 radical (unpaired) electrons. The molecule has 1 heterocycles. The number of amides is 2. The lowest BCUT2D eigenvalue weighted by Gasteiger charge is -2.15. The van der Waals surface area contributed by atoms with Gasteiger partial charge < -0.3 is 0 Å². The highest BCUT2D eigenvalue weighted by Crippen LogP contribution is 2.19. The lowest BCUT2D eigenvalue weighted by Crippen LogP contribution is -2.34. The zero-order valence-corrected chi connectivity index (χ0v) is 13.1. The maximum Gasteiger partial charge on any atom is 0.289 e. The second-order valence-corrected chi connectivity index (χ2v) is 5.86. The number of hydrogen-bond donors (Lipinski definition) is 1. The predicted molar refractivity (Wildman–Crippen MR) is 92.6 cm³/mol. The third-order valence-electron chi connectivity index (χ3n) is 3.35. The second kappa shape index (κ2) is 7.11. The maximum atomic E-state index is 11.8. The summed E-state index contributed by atoms with van der Waals surface area (Å²) in [5, 5.41) is 4.18. The van der Waals surface area contributed by atoms with Crippen molar-refractivity contribution >= 4 is 34.3 Å². The van der Waals surface area contributed by atoms with E-state index in [4.69, 9.17) is 0 Å². The zero-order chi connectivity index (χ0) is 16.1. The van der Waals surface area contributed by atoms with Crippen molar-refractivity contribution in [2.45, 2.75) is 0 Å². The molecule has 1 aliphatic rings. The predicted octanol–water partition coefficient (Wildman–Crippen LogP) is 3.20. The van der Waals surface area contributed by atoms with E-state index in [1.807, 2.05) is 60.7 Å². The molecular weight excluding hydrogens is 310 g/mol. The molecule has 116 valence electrons. The van der Waals surface area contributed by atoms with Gasteiger partial charge in [-0.2, -0.15) is 5.10 Å². The van der Waals surface area contributed by atoms with Gasteiger partial charge in [-0.3, -0.25) is 19.9 Å². The third-order valence-corrected chi connectivity index (χ3v) is 4.21. The Morgan fingerprint density at radius 3 is 2.30 bits per heavy atom. The van der Waals surface area contributed by atoms with E-state index in [1.165, 1.54) is 4.90 Å². The van der Waals surface area contributed by atoms with Crippen molar-refractivity contribution in [3.63, 3.8) is 0 Å². The Morgan fingerprint density at radius 2 is 1.70 bits per heavy atom. The lowest BCUT2D eigenvalue weighted by atomic mass is 10.1. The van der Waals surface area contributed by atoms with Gasteiger partial charge in [0.25, 0.3) is 5.24 Å². The normalized spacial score (nSPS) is 15.1. The third kappa shape index (κ3) is 3.78. The molecule has 2 aromatic carbocycles. The van der Waals surface area contributed by atoms with Crippen molar-refractivity contribution in [3.8, 4) is 0 Å². The molecule has 1 N–H and O–H groups in total. The van der Waals surface area contributed by atoms with Gasteiger partial charge in [-0.25, -0.2) is 0 Å². The molecule has 1 saturated heterocycles.